The summed E-state index contributed by atoms with van der Waals surface area (Å²) in [6.07, 6.45) is 1.01. The van der Waals surface area contributed by atoms with Gasteiger partial charge in [0.15, 0.2) is 0 Å². The highest BCUT2D eigenvalue weighted by molar-refractivity contribution is 7.88. The van der Waals surface area contributed by atoms with E-state index in [-0.39, 0.29) is 6.54 Å². The third-order valence-corrected chi connectivity index (χ3v) is 4.94. The van der Waals surface area contributed by atoms with Gasteiger partial charge in [0.25, 0.3) is 0 Å². The van der Waals surface area contributed by atoms with Gasteiger partial charge in [0.1, 0.15) is 17.3 Å². The molecule has 1 amide bonds. The van der Waals surface area contributed by atoms with E-state index in [1.165, 1.54) is 38.5 Å². The molecule has 27 heavy (non-hydrogen) atoms. The van der Waals surface area contributed by atoms with Crippen LogP contribution in [0, 0.1) is 5.82 Å². The zero-order chi connectivity index (χ0) is 20.0. The Kier molecular flexibility index (Phi) is 6.75. The molecule has 7 nitrogen and oxygen atoms in total. The maximum absolute atomic E-state index is 13.0. The molecule has 0 aromatic heterocycles. The van der Waals surface area contributed by atoms with Crippen LogP contribution in [0.25, 0.3) is 0 Å². The number of hydrogen-bond acceptors (Lipinski definition) is 5. The predicted octanol–water partition coefficient (Wildman–Crippen LogP) is 2.24. The number of sulfonamides is 1. The van der Waals surface area contributed by atoms with Crippen LogP contribution in [0.1, 0.15) is 5.56 Å². The molecule has 0 unspecified atom stereocenters. The molecule has 0 radical (unpaired) electrons. The quantitative estimate of drug-likeness (QED) is 0.740. The monoisotopic (exact) mass is 396 g/mol. The van der Waals surface area contributed by atoms with Crippen molar-refractivity contribution in [2.45, 2.75) is 6.54 Å². The van der Waals surface area contributed by atoms with E-state index in [0.717, 1.165) is 10.6 Å². The van der Waals surface area contributed by atoms with Gasteiger partial charge in [-0.15, -0.1) is 0 Å². The minimum atomic E-state index is -3.67. The highest BCUT2D eigenvalue weighted by Crippen LogP contribution is 2.28. The molecule has 0 bridgehead atoms. The largest absolute Gasteiger partial charge is 0.497 e. The van der Waals surface area contributed by atoms with Gasteiger partial charge in [0.05, 0.1) is 32.7 Å². The van der Waals surface area contributed by atoms with Crippen molar-refractivity contribution < 1.29 is 27.1 Å². The number of nitrogens with one attached hydrogen (secondary N) is 1. The molecular weight excluding hydrogens is 375 g/mol. The molecular formula is C18H21FN2O5S. The van der Waals surface area contributed by atoms with Crippen molar-refractivity contribution in [1.82, 2.24) is 4.31 Å². The molecule has 0 aliphatic heterocycles. The highest BCUT2D eigenvalue weighted by Gasteiger charge is 2.21. The summed E-state index contributed by atoms with van der Waals surface area (Å²) in [5.74, 6) is -0.0485. The van der Waals surface area contributed by atoms with E-state index in [4.69, 9.17) is 9.47 Å². The standard InChI is InChI=1S/C18H21FN2O5S/c1-25-15-8-9-17(26-2)16(10-15)20-18(22)12-21(27(3,23)24)11-13-4-6-14(19)7-5-13/h4-10H,11-12H2,1-3H3,(H,20,22). The number of nitrogens with zero attached hydrogens (tertiary/aromatic N) is 1. The molecule has 2 aromatic carbocycles. The van der Waals surface area contributed by atoms with Crippen LogP contribution in [0.2, 0.25) is 0 Å². The normalized spacial score (nSPS) is 11.3. The van der Waals surface area contributed by atoms with Crippen molar-refractivity contribution >= 4 is 21.6 Å². The predicted molar refractivity (Wildman–Crippen MR) is 99.8 cm³/mol. The molecule has 0 spiro atoms. The van der Waals surface area contributed by atoms with Crippen LogP contribution < -0.4 is 14.8 Å². The van der Waals surface area contributed by atoms with Gasteiger partial charge in [-0.3, -0.25) is 4.79 Å². The Balaban J connectivity index is 2.15. The topological polar surface area (TPSA) is 84.9 Å². The van der Waals surface area contributed by atoms with Gasteiger partial charge in [0.2, 0.25) is 15.9 Å². The SMILES string of the molecule is COc1ccc(OC)c(NC(=O)CN(Cc2ccc(F)cc2)S(C)(=O)=O)c1. The minimum absolute atomic E-state index is 0.0538. The van der Waals surface area contributed by atoms with Gasteiger partial charge in [-0.1, -0.05) is 12.1 Å². The lowest BCUT2D eigenvalue weighted by Crippen LogP contribution is -2.36. The number of amides is 1. The van der Waals surface area contributed by atoms with Gasteiger partial charge in [-0.05, 0) is 29.8 Å². The first kappa shape index (κ1) is 20.7. The Morgan fingerprint density at radius 1 is 1.11 bits per heavy atom. The lowest BCUT2D eigenvalue weighted by Gasteiger charge is -2.20. The van der Waals surface area contributed by atoms with Crippen LogP contribution in [-0.2, 0) is 21.4 Å². The highest BCUT2D eigenvalue weighted by atomic mass is 32.2. The Labute approximate surface area is 157 Å². The Morgan fingerprint density at radius 3 is 2.33 bits per heavy atom. The number of rotatable bonds is 8. The Bertz CT molecular complexity index is 900. The molecule has 2 rings (SSSR count). The average molecular weight is 396 g/mol. The van der Waals surface area contributed by atoms with Crippen molar-refractivity contribution in [1.29, 1.82) is 0 Å². The molecule has 0 fully saturated rings. The van der Waals surface area contributed by atoms with E-state index >= 15 is 0 Å². The van der Waals surface area contributed by atoms with Gasteiger partial charge in [-0.2, -0.15) is 4.31 Å². The first-order chi connectivity index (χ1) is 12.7. The van der Waals surface area contributed by atoms with Crippen LogP contribution >= 0.6 is 0 Å². The van der Waals surface area contributed by atoms with E-state index in [9.17, 15) is 17.6 Å². The number of carbonyl (C=O) groups excluding carboxylic acids is 1. The van der Waals surface area contributed by atoms with Crippen LogP contribution in [-0.4, -0.2) is 45.7 Å². The molecule has 9 heteroatoms. The molecule has 0 heterocycles. The molecule has 0 saturated heterocycles. The number of ether oxygens (including phenoxy) is 2. The van der Waals surface area contributed by atoms with Gasteiger partial charge < -0.3 is 14.8 Å². The Morgan fingerprint density at radius 2 is 1.78 bits per heavy atom. The van der Waals surface area contributed by atoms with E-state index in [0.29, 0.717) is 22.7 Å². The third-order valence-electron chi connectivity index (χ3n) is 3.74. The van der Waals surface area contributed by atoms with Gasteiger partial charge in [-0.25, -0.2) is 12.8 Å². The summed E-state index contributed by atoms with van der Waals surface area (Å²) in [5.41, 5.74) is 0.922. The van der Waals surface area contributed by atoms with E-state index in [2.05, 4.69) is 5.32 Å². The second-order valence-electron chi connectivity index (χ2n) is 5.77. The summed E-state index contributed by atoms with van der Waals surface area (Å²) in [6.45, 7) is -0.460. The van der Waals surface area contributed by atoms with E-state index in [1.54, 1.807) is 18.2 Å². The number of hydrogen-bond donors (Lipinski definition) is 1. The first-order valence-electron chi connectivity index (χ1n) is 7.94. The number of carbonyl (C=O) groups is 1. The Hall–Kier alpha value is -2.65. The number of methoxy groups -OCH3 is 2. The fourth-order valence-corrected chi connectivity index (χ4v) is 3.08. The molecule has 2 aromatic rings. The molecule has 0 atom stereocenters. The maximum atomic E-state index is 13.0. The summed E-state index contributed by atoms with van der Waals surface area (Å²) < 4.78 is 48.4. The summed E-state index contributed by atoms with van der Waals surface area (Å²) in [5, 5.41) is 2.62. The molecule has 0 aliphatic rings. The summed E-state index contributed by atoms with van der Waals surface area (Å²) in [4.78, 5) is 12.4. The van der Waals surface area contributed by atoms with Crippen molar-refractivity contribution in [2.24, 2.45) is 0 Å². The molecule has 0 aliphatic carbocycles. The fraction of sp³-hybridized carbons (Fsp3) is 0.278. The molecule has 0 saturated carbocycles. The number of benzene rings is 2. The summed E-state index contributed by atoms with van der Waals surface area (Å²) in [6, 6.07) is 10.3. The summed E-state index contributed by atoms with van der Waals surface area (Å²) in [7, 11) is -0.726. The van der Waals surface area contributed by atoms with Gasteiger partial charge in [0, 0.05) is 12.6 Å². The lowest BCUT2D eigenvalue weighted by molar-refractivity contribution is -0.116. The van der Waals surface area contributed by atoms with Crippen molar-refractivity contribution in [3.8, 4) is 11.5 Å². The van der Waals surface area contributed by atoms with Gasteiger partial charge >= 0.3 is 0 Å². The zero-order valence-electron chi connectivity index (χ0n) is 15.2. The number of halogens is 1. The van der Waals surface area contributed by atoms with Crippen molar-refractivity contribution in [3.05, 3.63) is 53.8 Å². The first-order valence-corrected chi connectivity index (χ1v) is 9.79. The second-order valence-corrected chi connectivity index (χ2v) is 7.75. The minimum Gasteiger partial charge on any atom is -0.497 e. The van der Waals surface area contributed by atoms with Crippen LogP contribution in [0.15, 0.2) is 42.5 Å². The zero-order valence-corrected chi connectivity index (χ0v) is 16.0. The van der Waals surface area contributed by atoms with E-state index in [1.807, 2.05) is 0 Å². The summed E-state index contributed by atoms with van der Waals surface area (Å²) >= 11 is 0. The van der Waals surface area contributed by atoms with E-state index < -0.39 is 28.3 Å². The van der Waals surface area contributed by atoms with Crippen LogP contribution in [0.5, 0.6) is 11.5 Å². The smallest absolute Gasteiger partial charge is 0.239 e. The van der Waals surface area contributed by atoms with Crippen molar-refractivity contribution in [3.63, 3.8) is 0 Å². The third kappa shape index (κ3) is 5.93. The van der Waals surface area contributed by atoms with Crippen LogP contribution in [0.4, 0.5) is 10.1 Å². The van der Waals surface area contributed by atoms with Crippen molar-refractivity contribution in [2.75, 3.05) is 32.3 Å². The second kappa shape index (κ2) is 8.83. The number of anilines is 1. The maximum Gasteiger partial charge on any atom is 0.239 e. The fourth-order valence-electron chi connectivity index (χ4n) is 2.35. The average Bonchev–Trinajstić information content (AvgIpc) is 2.62. The molecule has 146 valence electrons. The molecule has 1 N–H and O–H groups in total. The van der Waals surface area contributed by atoms with Crippen LogP contribution in [0.3, 0.4) is 0 Å². The lowest BCUT2D eigenvalue weighted by atomic mass is 10.2.